The van der Waals surface area contributed by atoms with Crippen LogP contribution in [0.4, 0.5) is 0 Å². The zero-order valence-electron chi connectivity index (χ0n) is 7.46. The molecule has 1 heterocycles. The summed E-state index contributed by atoms with van der Waals surface area (Å²) in [5.74, 6) is 0.297. The van der Waals surface area contributed by atoms with Crippen LogP contribution < -0.4 is 5.23 Å². The Balaban J connectivity index is 2.49. The van der Waals surface area contributed by atoms with E-state index in [4.69, 9.17) is 0 Å². The van der Waals surface area contributed by atoms with Crippen LogP contribution in [0.15, 0.2) is 24.3 Å². The summed E-state index contributed by atoms with van der Waals surface area (Å²) in [6, 6.07) is 7.40. The Kier molecular flexibility index (Phi) is 1.98. The zero-order valence-corrected chi connectivity index (χ0v) is 7.46. The van der Waals surface area contributed by atoms with E-state index in [9.17, 15) is 5.11 Å². The minimum Gasteiger partial charge on any atom is -0.508 e. The van der Waals surface area contributed by atoms with Gasteiger partial charge in [0.05, 0.1) is 0 Å². The van der Waals surface area contributed by atoms with Gasteiger partial charge in [-0.3, -0.25) is 0 Å². The lowest BCUT2D eigenvalue weighted by molar-refractivity contribution is 0.476. The molecule has 2 rings (SSSR count). The fourth-order valence-electron chi connectivity index (χ4n) is 1.46. The van der Waals surface area contributed by atoms with Crippen LogP contribution in [0.1, 0.15) is 5.69 Å². The van der Waals surface area contributed by atoms with Crippen molar-refractivity contribution in [1.29, 1.82) is 0 Å². The topological polar surface area (TPSA) is 48.0 Å². The molecule has 13 heavy (non-hydrogen) atoms. The van der Waals surface area contributed by atoms with Crippen LogP contribution in [0.2, 0.25) is 0 Å². The molecule has 0 fully saturated rings. The van der Waals surface area contributed by atoms with Crippen molar-refractivity contribution < 1.29 is 5.11 Å². The third kappa shape index (κ3) is 1.53. The quantitative estimate of drug-likeness (QED) is 0.581. The molecule has 1 aromatic heterocycles. The van der Waals surface area contributed by atoms with Gasteiger partial charge in [0.1, 0.15) is 5.75 Å². The molecule has 0 bridgehead atoms. The number of rotatable bonds is 2. The van der Waals surface area contributed by atoms with Gasteiger partial charge in [-0.2, -0.15) is 0 Å². The molecule has 0 spiro atoms. The normalized spacial score (nSPS) is 10.8. The molecule has 2 aromatic rings. The maximum absolute atomic E-state index is 9.23. The van der Waals surface area contributed by atoms with Gasteiger partial charge in [-0.15, -0.1) is 0 Å². The first-order chi connectivity index (χ1) is 6.29. The first-order valence-electron chi connectivity index (χ1n) is 4.25. The van der Waals surface area contributed by atoms with E-state index in [1.54, 1.807) is 12.1 Å². The molecule has 0 saturated carbocycles. The van der Waals surface area contributed by atoms with Crippen LogP contribution >= 0.6 is 0 Å². The van der Waals surface area contributed by atoms with Gasteiger partial charge in [0, 0.05) is 23.8 Å². The third-order valence-electron chi connectivity index (χ3n) is 2.03. The number of H-pyrrole nitrogens is 1. The molecule has 0 unspecified atom stereocenters. The summed E-state index contributed by atoms with van der Waals surface area (Å²) in [5.41, 5.74) is 2.10. The first kappa shape index (κ1) is 8.20. The van der Waals surface area contributed by atoms with Crippen molar-refractivity contribution in [3.05, 3.63) is 30.0 Å². The Morgan fingerprint density at radius 1 is 1.38 bits per heavy atom. The summed E-state index contributed by atoms with van der Waals surface area (Å²) in [6.45, 7) is 0.815. The van der Waals surface area contributed by atoms with Gasteiger partial charge in [-0.25, -0.2) is 0 Å². The average molecular weight is 174 g/mol. The largest absolute Gasteiger partial charge is 0.508 e. The van der Waals surface area contributed by atoms with Crippen LogP contribution in [-0.4, -0.2) is 18.1 Å². The highest BCUT2D eigenvalue weighted by molar-refractivity contribution is 6.04. The molecule has 0 aliphatic heterocycles. The number of benzene rings is 1. The van der Waals surface area contributed by atoms with Crippen LogP contribution in [0, 0.1) is 0 Å². The van der Waals surface area contributed by atoms with Crippen molar-refractivity contribution in [3.63, 3.8) is 0 Å². The number of phenolic OH excluding ortho intramolecular Hbond substituents is 1. The van der Waals surface area contributed by atoms with Crippen LogP contribution in [0.5, 0.6) is 5.75 Å². The highest BCUT2D eigenvalue weighted by Gasteiger charge is 1.99. The number of aromatic hydroxyl groups is 1. The molecule has 1 aromatic carbocycles. The summed E-state index contributed by atoms with van der Waals surface area (Å²) in [4.78, 5) is 3.21. The van der Waals surface area contributed by atoms with Crippen LogP contribution in [-0.2, 0) is 6.54 Å². The summed E-state index contributed by atoms with van der Waals surface area (Å²) < 4.78 is 0. The van der Waals surface area contributed by atoms with E-state index < -0.39 is 0 Å². The maximum atomic E-state index is 9.23. The number of fused-ring (bicyclic) bond motifs is 1. The van der Waals surface area contributed by atoms with Gasteiger partial charge < -0.3 is 15.3 Å². The minimum atomic E-state index is 0.297. The Morgan fingerprint density at radius 2 is 2.23 bits per heavy atom. The van der Waals surface area contributed by atoms with Crippen molar-refractivity contribution in [3.8, 4) is 5.75 Å². The lowest BCUT2D eigenvalue weighted by Gasteiger charge is -1.92. The SMILES string of the molecule is BNCc1cc2ccc(O)cc2[nH]1. The highest BCUT2D eigenvalue weighted by atomic mass is 16.3. The van der Waals surface area contributed by atoms with Crippen LogP contribution in [0.25, 0.3) is 10.9 Å². The lowest BCUT2D eigenvalue weighted by Crippen LogP contribution is -2.07. The molecule has 3 nitrogen and oxygen atoms in total. The van der Waals surface area contributed by atoms with Crippen molar-refractivity contribution in [2.45, 2.75) is 6.54 Å². The fourth-order valence-corrected chi connectivity index (χ4v) is 1.46. The van der Waals surface area contributed by atoms with Crippen molar-refractivity contribution in [2.24, 2.45) is 0 Å². The Labute approximate surface area is 77.2 Å². The molecule has 0 aliphatic carbocycles. The van der Waals surface area contributed by atoms with Gasteiger partial charge >= 0.3 is 0 Å². The summed E-state index contributed by atoms with van der Waals surface area (Å²) in [7, 11) is 1.91. The monoisotopic (exact) mass is 174 g/mol. The number of nitrogens with one attached hydrogen (secondary N) is 2. The number of aromatic amines is 1. The summed E-state index contributed by atoms with van der Waals surface area (Å²) in [5, 5.41) is 13.4. The highest BCUT2D eigenvalue weighted by Crippen LogP contribution is 2.20. The van der Waals surface area contributed by atoms with E-state index in [1.807, 2.05) is 14.0 Å². The minimum absolute atomic E-state index is 0.297. The Hall–Kier alpha value is -1.42. The van der Waals surface area contributed by atoms with E-state index in [1.165, 1.54) is 0 Å². The number of hydrogen-bond acceptors (Lipinski definition) is 2. The standard InChI is InChI=1S/C9H11BN2O/c10-11-5-7-3-6-1-2-8(13)4-9(6)12-7/h1-4,11-13H,5,10H2. The van der Waals surface area contributed by atoms with E-state index in [2.05, 4.69) is 16.3 Å². The van der Waals surface area contributed by atoms with Gasteiger partial charge in [0.2, 0.25) is 0 Å². The molecule has 4 heteroatoms. The van der Waals surface area contributed by atoms with Gasteiger partial charge in [-0.05, 0) is 23.6 Å². The van der Waals surface area contributed by atoms with Crippen LogP contribution in [0.3, 0.4) is 0 Å². The average Bonchev–Trinajstić information content (AvgIpc) is 2.46. The molecule has 0 radical (unpaired) electrons. The molecule has 0 amide bonds. The van der Waals surface area contributed by atoms with E-state index in [0.29, 0.717) is 5.75 Å². The Morgan fingerprint density at radius 3 is 3.00 bits per heavy atom. The van der Waals surface area contributed by atoms with E-state index in [-0.39, 0.29) is 0 Å². The number of aromatic nitrogens is 1. The number of hydrogen-bond donors (Lipinski definition) is 3. The summed E-state index contributed by atoms with van der Waals surface area (Å²) in [6.07, 6.45) is 0. The van der Waals surface area contributed by atoms with Crippen molar-refractivity contribution in [2.75, 3.05) is 0 Å². The second kappa shape index (κ2) is 3.14. The second-order valence-corrected chi connectivity index (χ2v) is 3.10. The molecule has 66 valence electrons. The summed E-state index contributed by atoms with van der Waals surface area (Å²) >= 11 is 0. The number of phenols is 1. The molecular weight excluding hydrogens is 163 g/mol. The molecule has 0 aliphatic rings. The zero-order chi connectivity index (χ0) is 9.26. The second-order valence-electron chi connectivity index (χ2n) is 3.10. The molecule has 0 saturated heterocycles. The molecular formula is C9H11BN2O. The van der Waals surface area contributed by atoms with Crippen molar-refractivity contribution in [1.82, 2.24) is 10.2 Å². The van der Waals surface area contributed by atoms with Gasteiger partial charge in [0.25, 0.3) is 0 Å². The first-order valence-corrected chi connectivity index (χ1v) is 4.25. The third-order valence-corrected chi connectivity index (χ3v) is 2.03. The predicted octanol–water partition coefficient (Wildman–Crippen LogP) is 0.511. The molecule has 3 N–H and O–H groups in total. The maximum Gasteiger partial charge on any atom is 0.182 e. The lowest BCUT2D eigenvalue weighted by atomic mass is 10.2. The van der Waals surface area contributed by atoms with Crippen molar-refractivity contribution >= 4 is 18.9 Å². The fraction of sp³-hybridized carbons (Fsp3) is 0.111. The van der Waals surface area contributed by atoms with E-state index >= 15 is 0 Å². The van der Waals surface area contributed by atoms with Gasteiger partial charge in [0.15, 0.2) is 7.98 Å². The van der Waals surface area contributed by atoms with Gasteiger partial charge in [-0.1, -0.05) is 0 Å². The molecule has 0 atom stereocenters. The van der Waals surface area contributed by atoms with E-state index in [0.717, 1.165) is 23.1 Å². The smallest absolute Gasteiger partial charge is 0.182 e. The Bertz CT molecular complexity index is 424. The predicted molar refractivity (Wildman–Crippen MR) is 55.3 cm³/mol.